The standard InChI is InChI=1S/C14H26N2OS/c1-11-5-3-7-16(14(17)13(11)15-2)9-12-6-4-8-18-10-12/h11-13,15H,3-10H2,1-2H3. The first-order valence-electron chi connectivity index (χ1n) is 7.26. The fraction of sp³-hybridized carbons (Fsp3) is 0.929. The topological polar surface area (TPSA) is 32.3 Å². The largest absolute Gasteiger partial charge is 0.341 e. The van der Waals surface area contributed by atoms with Gasteiger partial charge in [0.15, 0.2) is 0 Å². The average molecular weight is 270 g/mol. The summed E-state index contributed by atoms with van der Waals surface area (Å²) < 4.78 is 0. The fourth-order valence-corrected chi connectivity index (χ4v) is 4.32. The van der Waals surface area contributed by atoms with E-state index in [4.69, 9.17) is 0 Å². The number of nitrogens with zero attached hydrogens (tertiary/aromatic N) is 1. The summed E-state index contributed by atoms with van der Waals surface area (Å²) in [6, 6.07) is 0.0312. The highest BCUT2D eigenvalue weighted by atomic mass is 32.2. The zero-order valence-electron chi connectivity index (χ0n) is 11.7. The van der Waals surface area contributed by atoms with Crippen molar-refractivity contribution in [3.63, 3.8) is 0 Å². The van der Waals surface area contributed by atoms with Gasteiger partial charge in [0.1, 0.15) is 0 Å². The summed E-state index contributed by atoms with van der Waals surface area (Å²) in [7, 11) is 1.92. The monoisotopic (exact) mass is 270 g/mol. The van der Waals surface area contributed by atoms with Crippen LogP contribution < -0.4 is 5.32 Å². The molecule has 4 heteroatoms. The predicted octanol–water partition coefficient (Wildman–Crippen LogP) is 1.98. The molecule has 0 spiro atoms. The van der Waals surface area contributed by atoms with Crippen molar-refractivity contribution >= 4 is 17.7 Å². The van der Waals surface area contributed by atoms with Crippen LogP contribution in [-0.2, 0) is 4.79 Å². The van der Waals surface area contributed by atoms with Crippen LogP contribution in [0.2, 0.25) is 0 Å². The Hall–Kier alpha value is -0.220. The Labute approximate surface area is 115 Å². The van der Waals surface area contributed by atoms with Gasteiger partial charge in [0, 0.05) is 13.1 Å². The molecule has 3 nitrogen and oxygen atoms in total. The van der Waals surface area contributed by atoms with E-state index >= 15 is 0 Å². The molecule has 2 fully saturated rings. The Morgan fingerprint density at radius 3 is 2.89 bits per heavy atom. The first-order valence-corrected chi connectivity index (χ1v) is 8.41. The second kappa shape index (κ2) is 6.80. The Morgan fingerprint density at radius 2 is 2.22 bits per heavy atom. The van der Waals surface area contributed by atoms with Crippen molar-refractivity contribution in [1.82, 2.24) is 10.2 Å². The molecule has 0 bridgehead atoms. The van der Waals surface area contributed by atoms with E-state index in [9.17, 15) is 4.79 Å². The number of likely N-dealkylation sites (tertiary alicyclic amines) is 1. The van der Waals surface area contributed by atoms with Crippen LogP contribution in [0.25, 0.3) is 0 Å². The molecule has 0 saturated carbocycles. The van der Waals surface area contributed by atoms with Gasteiger partial charge in [-0.2, -0.15) is 11.8 Å². The highest BCUT2D eigenvalue weighted by molar-refractivity contribution is 7.99. The summed E-state index contributed by atoms with van der Waals surface area (Å²) in [5, 5.41) is 3.21. The van der Waals surface area contributed by atoms with Crippen molar-refractivity contribution in [2.75, 3.05) is 31.6 Å². The van der Waals surface area contributed by atoms with Crippen LogP contribution in [-0.4, -0.2) is 48.5 Å². The summed E-state index contributed by atoms with van der Waals surface area (Å²) in [4.78, 5) is 14.6. The average Bonchev–Trinajstić information content (AvgIpc) is 2.51. The van der Waals surface area contributed by atoms with Crippen molar-refractivity contribution in [3.05, 3.63) is 0 Å². The molecule has 0 aliphatic carbocycles. The van der Waals surface area contributed by atoms with Crippen LogP contribution in [0, 0.1) is 11.8 Å². The Morgan fingerprint density at radius 1 is 1.39 bits per heavy atom. The quantitative estimate of drug-likeness (QED) is 0.851. The number of hydrogen-bond acceptors (Lipinski definition) is 3. The molecule has 0 aromatic heterocycles. The summed E-state index contributed by atoms with van der Waals surface area (Å²) in [5.74, 6) is 4.06. The second-order valence-corrected chi connectivity index (χ2v) is 6.90. The lowest BCUT2D eigenvalue weighted by Crippen LogP contribution is -2.48. The molecule has 2 rings (SSSR count). The van der Waals surface area contributed by atoms with E-state index in [1.54, 1.807) is 0 Å². The van der Waals surface area contributed by atoms with Crippen LogP contribution in [0.4, 0.5) is 0 Å². The van der Waals surface area contributed by atoms with E-state index in [1.165, 1.54) is 24.3 Å². The zero-order chi connectivity index (χ0) is 13.0. The third kappa shape index (κ3) is 3.41. The number of amides is 1. The number of carbonyl (C=O) groups is 1. The Balaban J connectivity index is 1.95. The molecule has 0 aromatic carbocycles. The van der Waals surface area contributed by atoms with Crippen molar-refractivity contribution in [2.24, 2.45) is 11.8 Å². The highest BCUT2D eigenvalue weighted by Gasteiger charge is 2.32. The summed E-state index contributed by atoms with van der Waals surface area (Å²) >= 11 is 2.05. The van der Waals surface area contributed by atoms with Gasteiger partial charge >= 0.3 is 0 Å². The number of carbonyl (C=O) groups excluding carboxylic acids is 1. The molecule has 0 aromatic rings. The van der Waals surface area contributed by atoms with E-state index in [2.05, 4.69) is 28.9 Å². The summed E-state index contributed by atoms with van der Waals surface area (Å²) in [5.41, 5.74) is 0. The SMILES string of the molecule is CNC1C(=O)N(CC2CCCSC2)CCCC1C. The maximum absolute atomic E-state index is 12.5. The molecule has 2 aliphatic rings. The molecule has 2 saturated heterocycles. The normalized spacial score (nSPS) is 34.4. The van der Waals surface area contributed by atoms with Crippen LogP contribution in [0.1, 0.15) is 32.6 Å². The van der Waals surface area contributed by atoms with Crippen LogP contribution in [0.3, 0.4) is 0 Å². The number of thioether (sulfide) groups is 1. The van der Waals surface area contributed by atoms with Crippen LogP contribution in [0.15, 0.2) is 0 Å². The van der Waals surface area contributed by atoms with E-state index in [1.807, 2.05) is 7.05 Å². The van der Waals surface area contributed by atoms with Crippen molar-refractivity contribution in [2.45, 2.75) is 38.6 Å². The Kier molecular flexibility index (Phi) is 5.37. The van der Waals surface area contributed by atoms with Gasteiger partial charge in [0.25, 0.3) is 0 Å². The lowest BCUT2D eigenvalue weighted by atomic mass is 9.97. The molecule has 3 atom stereocenters. The van der Waals surface area contributed by atoms with Gasteiger partial charge in [-0.3, -0.25) is 4.79 Å². The van der Waals surface area contributed by atoms with E-state index in [0.29, 0.717) is 11.8 Å². The Bertz CT molecular complexity index is 279. The van der Waals surface area contributed by atoms with Gasteiger partial charge in [-0.05, 0) is 56.1 Å². The zero-order valence-corrected chi connectivity index (χ0v) is 12.5. The lowest BCUT2D eigenvalue weighted by molar-refractivity contribution is -0.134. The molecule has 1 N–H and O–H groups in total. The van der Waals surface area contributed by atoms with Crippen LogP contribution >= 0.6 is 11.8 Å². The number of rotatable bonds is 3. The number of hydrogen-bond donors (Lipinski definition) is 1. The van der Waals surface area contributed by atoms with Crippen LogP contribution in [0.5, 0.6) is 0 Å². The molecule has 104 valence electrons. The van der Waals surface area contributed by atoms with Crippen molar-refractivity contribution in [1.29, 1.82) is 0 Å². The third-order valence-electron chi connectivity index (χ3n) is 4.28. The molecular formula is C14H26N2OS. The van der Waals surface area contributed by atoms with Gasteiger partial charge in [-0.15, -0.1) is 0 Å². The minimum absolute atomic E-state index is 0.0312. The van der Waals surface area contributed by atoms with E-state index < -0.39 is 0 Å². The maximum Gasteiger partial charge on any atom is 0.239 e. The first-order chi connectivity index (χ1) is 8.72. The fourth-order valence-electron chi connectivity index (χ4n) is 3.17. The number of nitrogens with one attached hydrogen (secondary N) is 1. The van der Waals surface area contributed by atoms with E-state index in [0.717, 1.165) is 31.8 Å². The summed E-state index contributed by atoms with van der Waals surface area (Å²) in [6.07, 6.45) is 4.94. The molecule has 2 heterocycles. The third-order valence-corrected chi connectivity index (χ3v) is 5.56. The molecule has 3 unspecified atom stereocenters. The minimum Gasteiger partial charge on any atom is -0.341 e. The van der Waals surface area contributed by atoms with Gasteiger partial charge in [0.2, 0.25) is 5.91 Å². The molecule has 1 amide bonds. The van der Waals surface area contributed by atoms with Gasteiger partial charge in [-0.25, -0.2) is 0 Å². The molecule has 2 aliphatic heterocycles. The smallest absolute Gasteiger partial charge is 0.239 e. The molecular weight excluding hydrogens is 244 g/mol. The predicted molar refractivity (Wildman–Crippen MR) is 77.9 cm³/mol. The lowest BCUT2D eigenvalue weighted by Gasteiger charge is -2.31. The molecule has 0 radical (unpaired) electrons. The minimum atomic E-state index is 0.0312. The highest BCUT2D eigenvalue weighted by Crippen LogP contribution is 2.25. The van der Waals surface area contributed by atoms with Gasteiger partial charge in [-0.1, -0.05) is 6.92 Å². The second-order valence-electron chi connectivity index (χ2n) is 5.75. The van der Waals surface area contributed by atoms with Gasteiger partial charge < -0.3 is 10.2 Å². The summed E-state index contributed by atoms with van der Waals surface area (Å²) in [6.45, 7) is 4.14. The van der Waals surface area contributed by atoms with Gasteiger partial charge in [0.05, 0.1) is 6.04 Å². The maximum atomic E-state index is 12.5. The van der Waals surface area contributed by atoms with Crippen molar-refractivity contribution in [3.8, 4) is 0 Å². The number of likely N-dealkylation sites (N-methyl/N-ethyl adjacent to an activating group) is 1. The molecule has 18 heavy (non-hydrogen) atoms. The van der Waals surface area contributed by atoms with Crippen molar-refractivity contribution < 1.29 is 4.79 Å². The van der Waals surface area contributed by atoms with E-state index in [-0.39, 0.29) is 6.04 Å². The first kappa shape index (κ1) is 14.2.